The third-order valence-corrected chi connectivity index (χ3v) is 4.11. The number of carbonyl (C=O) groups excluding carboxylic acids is 2. The number of carbonyl (C=O) groups is 2. The van der Waals surface area contributed by atoms with E-state index in [-0.39, 0.29) is 29.9 Å². The number of fused-ring (bicyclic) bond motifs is 1. The Morgan fingerprint density at radius 2 is 2.12 bits per heavy atom. The summed E-state index contributed by atoms with van der Waals surface area (Å²) in [6.45, 7) is 6.24. The first-order chi connectivity index (χ1) is 11.3. The average Bonchev–Trinajstić information content (AvgIpc) is 2.84. The number of nitrogens with one attached hydrogen (secondary N) is 2. The van der Waals surface area contributed by atoms with Crippen molar-refractivity contribution in [1.29, 1.82) is 0 Å². The summed E-state index contributed by atoms with van der Waals surface area (Å²) in [4.78, 5) is 23.4. The molecule has 0 bridgehead atoms. The van der Waals surface area contributed by atoms with Crippen molar-refractivity contribution in [3.05, 3.63) is 29.3 Å². The fraction of sp³-hybridized carbons (Fsp3) is 0.579. The molecule has 132 valence electrons. The van der Waals surface area contributed by atoms with Gasteiger partial charge < -0.3 is 15.7 Å². The van der Waals surface area contributed by atoms with E-state index >= 15 is 0 Å². The van der Waals surface area contributed by atoms with Crippen LogP contribution < -0.4 is 10.6 Å². The molecule has 0 saturated carbocycles. The maximum absolute atomic E-state index is 12.0. The maximum Gasteiger partial charge on any atom is 0.228 e. The molecule has 1 aromatic carbocycles. The third kappa shape index (κ3) is 5.64. The van der Waals surface area contributed by atoms with E-state index in [1.54, 1.807) is 0 Å². The van der Waals surface area contributed by atoms with Crippen LogP contribution in [0.4, 0.5) is 5.69 Å². The Labute approximate surface area is 143 Å². The molecular weight excluding hydrogens is 304 g/mol. The van der Waals surface area contributed by atoms with Gasteiger partial charge in [0.15, 0.2) is 0 Å². The lowest BCUT2D eigenvalue weighted by Crippen LogP contribution is -2.39. The molecule has 1 unspecified atom stereocenters. The Morgan fingerprint density at radius 3 is 2.79 bits per heavy atom. The summed E-state index contributed by atoms with van der Waals surface area (Å²) < 4.78 is 0. The van der Waals surface area contributed by atoms with Crippen molar-refractivity contribution in [2.45, 2.75) is 58.9 Å². The minimum absolute atomic E-state index is 0.0173. The summed E-state index contributed by atoms with van der Waals surface area (Å²) in [6, 6.07) is 5.79. The Bertz CT molecular complexity index is 605. The Kier molecular flexibility index (Phi) is 5.99. The van der Waals surface area contributed by atoms with Crippen molar-refractivity contribution in [3.8, 4) is 0 Å². The van der Waals surface area contributed by atoms with Crippen LogP contribution in [0, 0.1) is 5.41 Å². The van der Waals surface area contributed by atoms with Crippen LogP contribution in [0.15, 0.2) is 18.2 Å². The molecule has 5 nitrogen and oxygen atoms in total. The molecule has 24 heavy (non-hydrogen) atoms. The van der Waals surface area contributed by atoms with Gasteiger partial charge in [-0.05, 0) is 41.9 Å². The van der Waals surface area contributed by atoms with Gasteiger partial charge in [-0.2, -0.15) is 0 Å². The summed E-state index contributed by atoms with van der Waals surface area (Å²) in [5, 5.41) is 15.1. The summed E-state index contributed by atoms with van der Waals surface area (Å²) in [6.07, 6.45) is 3.18. The number of benzene rings is 1. The fourth-order valence-electron chi connectivity index (χ4n) is 3.09. The van der Waals surface area contributed by atoms with Gasteiger partial charge in [0.1, 0.15) is 0 Å². The van der Waals surface area contributed by atoms with Crippen molar-refractivity contribution in [2.75, 3.05) is 11.9 Å². The van der Waals surface area contributed by atoms with E-state index in [9.17, 15) is 14.7 Å². The highest BCUT2D eigenvalue weighted by atomic mass is 16.3. The van der Waals surface area contributed by atoms with Gasteiger partial charge >= 0.3 is 0 Å². The molecule has 0 aliphatic carbocycles. The highest BCUT2D eigenvalue weighted by Crippen LogP contribution is 2.24. The quantitative estimate of drug-likeness (QED) is 0.717. The Morgan fingerprint density at radius 1 is 1.38 bits per heavy atom. The van der Waals surface area contributed by atoms with Crippen LogP contribution in [0.1, 0.15) is 51.2 Å². The molecule has 1 aliphatic rings. The van der Waals surface area contributed by atoms with Crippen LogP contribution in [0.3, 0.4) is 0 Å². The topological polar surface area (TPSA) is 78.4 Å². The number of anilines is 1. The molecule has 1 aromatic rings. The van der Waals surface area contributed by atoms with Crippen LogP contribution in [0.25, 0.3) is 0 Å². The number of aliphatic hydroxyl groups excluding tert-OH is 1. The van der Waals surface area contributed by atoms with E-state index in [2.05, 4.69) is 31.4 Å². The smallest absolute Gasteiger partial charge is 0.228 e. The molecule has 5 heteroatoms. The van der Waals surface area contributed by atoms with Gasteiger partial charge in [0, 0.05) is 12.1 Å². The van der Waals surface area contributed by atoms with E-state index in [4.69, 9.17) is 0 Å². The lowest BCUT2D eigenvalue weighted by molar-refractivity contribution is -0.122. The maximum atomic E-state index is 12.0. The monoisotopic (exact) mass is 332 g/mol. The van der Waals surface area contributed by atoms with Crippen LogP contribution in [0.5, 0.6) is 0 Å². The number of hydrogen-bond acceptors (Lipinski definition) is 3. The largest absolute Gasteiger partial charge is 0.394 e. The third-order valence-electron chi connectivity index (χ3n) is 4.11. The molecule has 0 saturated heterocycles. The van der Waals surface area contributed by atoms with Crippen molar-refractivity contribution < 1.29 is 14.7 Å². The van der Waals surface area contributed by atoms with Gasteiger partial charge in [0.2, 0.25) is 11.8 Å². The number of hydrogen-bond donors (Lipinski definition) is 3. The van der Waals surface area contributed by atoms with E-state index in [1.165, 1.54) is 0 Å². The normalized spacial score (nSPS) is 14.9. The lowest BCUT2D eigenvalue weighted by Gasteiger charge is -2.25. The molecule has 0 spiro atoms. The zero-order chi connectivity index (χ0) is 17.7. The molecule has 0 fully saturated rings. The zero-order valence-corrected chi connectivity index (χ0v) is 14.8. The van der Waals surface area contributed by atoms with Crippen molar-refractivity contribution in [3.63, 3.8) is 0 Å². The molecule has 2 amide bonds. The van der Waals surface area contributed by atoms with Gasteiger partial charge in [0.25, 0.3) is 0 Å². The van der Waals surface area contributed by atoms with Crippen LogP contribution >= 0.6 is 0 Å². The van der Waals surface area contributed by atoms with Gasteiger partial charge in [-0.3, -0.25) is 9.59 Å². The number of aryl methyl sites for hydroxylation is 1. The Balaban J connectivity index is 1.76. The van der Waals surface area contributed by atoms with Gasteiger partial charge in [-0.1, -0.05) is 32.9 Å². The first-order valence-corrected chi connectivity index (χ1v) is 8.59. The van der Waals surface area contributed by atoms with Gasteiger partial charge in [0.05, 0.1) is 19.1 Å². The fourth-order valence-corrected chi connectivity index (χ4v) is 3.09. The molecule has 0 radical (unpaired) electrons. The summed E-state index contributed by atoms with van der Waals surface area (Å²) >= 11 is 0. The molecule has 1 heterocycles. The minimum Gasteiger partial charge on any atom is -0.394 e. The predicted molar refractivity (Wildman–Crippen MR) is 94.8 cm³/mol. The summed E-state index contributed by atoms with van der Waals surface area (Å²) in [5.41, 5.74) is 3.14. The van der Waals surface area contributed by atoms with E-state index < -0.39 is 0 Å². The number of aliphatic hydroxyl groups is 1. The molecule has 3 N–H and O–H groups in total. The minimum atomic E-state index is -0.186. The second-order valence-corrected chi connectivity index (χ2v) is 7.78. The molecule has 1 aliphatic heterocycles. The van der Waals surface area contributed by atoms with Crippen molar-refractivity contribution in [1.82, 2.24) is 5.32 Å². The van der Waals surface area contributed by atoms with Crippen LogP contribution in [-0.4, -0.2) is 29.6 Å². The predicted octanol–water partition coefficient (Wildman–Crippen LogP) is 2.42. The molecule has 1 atom stereocenters. The van der Waals surface area contributed by atoms with Gasteiger partial charge in [-0.25, -0.2) is 0 Å². The Hall–Kier alpha value is -1.88. The highest BCUT2D eigenvalue weighted by molar-refractivity contribution is 5.99. The standard InChI is InChI=1S/C19H28N2O3/c1-19(2,3)11-15(12-22)20-17(23)6-4-5-13-7-8-16-14(9-13)10-18(24)21-16/h7-9,15,22H,4-6,10-12H2,1-3H3,(H,20,23)(H,21,24). The molecule has 0 aromatic heterocycles. The van der Waals surface area contributed by atoms with E-state index in [0.29, 0.717) is 12.8 Å². The zero-order valence-electron chi connectivity index (χ0n) is 14.8. The lowest BCUT2D eigenvalue weighted by atomic mass is 9.88. The van der Waals surface area contributed by atoms with E-state index in [1.807, 2.05) is 18.2 Å². The first kappa shape index (κ1) is 18.5. The van der Waals surface area contributed by atoms with Crippen molar-refractivity contribution in [2.24, 2.45) is 5.41 Å². The second-order valence-electron chi connectivity index (χ2n) is 7.78. The highest BCUT2D eigenvalue weighted by Gasteiger charge is 2.20. The summed E-state index contributed by atoms with van der Waals surface area (Å²) in [5.74, 6) is 0.0201. The SMILES string of the molecule is CC(C)(C)CC(CO)NC(=O)CCCc1ccc2c(c1)CC(=O)N2. The van der Waals surface area contributed by atoms with E-state index in [0.717, 1.165) is 36.1 Å². The number of rotatable bonds is 7. The summed E-state index contributed by atoms with van der Waals surface area (Å²) in [7, 11) is 0. The average molecular weight is 332 g/mol. The van der Waals surface area contributed by atoms with Gasteiger partial charge in [-0.15, -0.1) is 0 Å². The molecule has 2 rings (SSSR count). The second kappa shape index (κ2) is 7.79. The number of amides is 2. The van der Waals surface area contributed by atoms with Crippen LogP contribution in [0.2, 0.25) is 0 Å². The first-order valence-electron chi connectivity index (χ1n) is 8.59. The van der Waals surface area contributed by atoms with Crippen molar-refractivity contribution >= 4 is 17.5 Å². The van der Waals surface area contributed by atoms with Crippen LogP contribution in [-0.2, 0) is 22.4 Å². The molecular formula is C19H28N2O3.